The van der Waals surface area contributed by atoms with Crippen molar-refractivity contribution in [2.75, 3.05) is 75.4 Å². The molecule has 0 bridgehead atoms. The molecule has 2 aliphatic carbocycles. The molecule has 0 amide bonds. The molecular formula is C51H59Cl5N10O8S2. The number of sulfonamides is 1. The highest BCUT2D eigenvalue weighted by Gasteiger charge is 2.40. The van der Waals surface area contributed by atoms with Crippen LogP contribution in [0.2, 0.25) is 20.4 Å². The van der Waals surface area contributed by atoms with E-state index < -0.39 is 19.1 Å². The molecule has 0 unspecified atom stereocenters. The predicted octanol–water partition coefficient (Wildman–Crippen LogP) is 8.68. The summed E-state index contributed by atoms with van der Waals surface area (Å²) in [4.78, 5) is 38.4. The Kier molecular flexibility index (Phi) is 19.4. The number of anilines is 2. The van der Waals surface area contributed by atoms with Gasteiger partial charge < -0.3 is 24.6 Å². The van der Waals surface area contributed by atoms with Gasteiger partial charge in [-0.15, -0.1) is 0 Å². The Bertz CT molecular complexity index is 3350. The lowest BCUT2D eigenvalue weighted by Gasteiger charge is -2.35. The topological polar surface area (TPSA) is 204 Å². The van der Waals surface area contributed by atoms with Crippen LogP contribution in [0.15, 0.2) is 107 Å². The van der Waals surface area contributed by atoms with E-state index in [2.05, 4.69) is 44.2 Å². The Morgan fingerprint density at radius 1 is 0.605 bits per heavy atom. The van der Waals surface area contributed by atoms with Crippen molar-refractivity contribution in [3.8, 4) is 22.9 Å². The van der Waals surface area contributed by atoms with Crippen LogP contribution in [-0.4, -0.2) is 116 Å². The molecule has 0 spiro atoms. The maximum atomic E-state index is 13.5. The number of rotatable bonds is 15. The van der Waals surface area contributed by atoms with Gasteiger partial charge in [0.1, 0.15) is 21.7 Å². The number of nitrogens with one attached hydrogen (secondary N) is 1. The van der Waals surface area contributed by atoms with E-state index in [1.165, 1.54) is 32.1 Å². The third-order valence-electron chi connectivity index (χ3n) is 13.0. The number of piperazine rings is 2. The standard InChI is InChI=1S/C25H27Cl2N5O4S.C19H23ClN4O2.C6H5Cl2NO2S.CH4/c1-25(6-7-25)17-36-23-21(15-29-32(24(23)33)20-4-2-3-19(26)14-20)30-9-11-31(12-10-30)37(34,35)16-18-5-8-28-22(27)13-18;1-19(5-6-19)13-26-17-16(23-9-7-21-8-10-23)12-22-24(18(17)25)15-4-2-3-14(20)11-15;7-6-3-5(1-2-9-6)4-12(8,10)11;/h2-5,8,13-15H,6-7,9-12,16-17H2,1H3;2-4,11-12,21H,5-10,13H2,1H3;1-3H,4H2;1H4. The van der Waals surface area contributed by atoms with Gasteiger partial charge in [0, 0.05) is 96.3 Å². The predicted molar refractivity (Wildman–Crippen MR) is 301 cm³/mol. The minimum atomic E-state index is -3.55. The molecule has 4 fully saturated rings. The minimum absolute atomic E-state index is 0. The van der Waals surface area contributed by atoms with E-state index in [1.54, 1.807) is 67.0 Å². The average molecular weight is 1180 g/mol. The van der Waals surface area contributed by atoms with E-state index in [0.29, 0.717) is 70.3 Å². The molecule has 408 valence electrons. The van der Waals surface area contributed by atoms with Gasteiger partial charge in [0.15, 0.2) is 0 Å². The molecule has 0 atom stereocenters. The van der Waals surface area contributed by atoms with Crippen molar-refractivity contribution in [3.05, 3.63) is 150 Å². The Hall–Kier alpha value is -5.03. The van der Waals surface area contributed by atoms with Crippen LogP contribution in [0.4, 0.5) is 11.4 Å². The maximum Gasteiger partial charge on any atom is 0.316 e. The summed E-state index contributed by atoms with van der Waals surface area (Å²) in [7, 11) is -2.03. The molecule has 6 aromatic rings. The fourth-order valence-electron chi connectivity index (χ4n) is 8.05. The Morgan fingerprint density at radius 3 is 1.45 bits per heavy atom. The van der Waals surface area contributed by atoms with Gasteiger partial charge in [0.25, 0.3) is 0 Å². The molecule has 4 aliphatic rings. The first-order valence-electron chi connectivity index (χ1n) is 24.0. The molecule has 0 radical (unpaired) electrons. The molecule has 6 heterocycles. The van der Waals surface area contributed by atoms with Gasteiger partial charge in [-0.05, 0) is 97.5 Å². The number of halogens is 5. The minimum Gasteiger partial charge on any atom is -0.486 e. The lowest BCUT2D eigenvalue weighted by atomic mass is 10.2. The number of hydrogen-bond donors (Lipinski definition) is 1. The van der Waals surface area contributed by atoms with E-state index in [-0.39, 0.29) is 70.0 Å². The van der Waals surface area contributed by atoms with Crippen LogP contribution < -0.4 is 35.7 Å². The fraction of sp³-hybridized carbons (Fsp3) is 0.412. The third kappa shape index (κ3) is 16.0. The van der Waals surface area contributed by atoms with E-state index in [4.69, 9.17) is 66.6 Å². The van der Waals surface area contributed by atoms with E-state index >= 15 is 0 Å². The number of nitrogens with zero attached hydrogens (tertiary/aromatic N) is 9. The molecule has 25 heteroatoms. The number of benzene rings is 2. The van der Waals surface area contributed by atoms with Crippen molar-refractivity contribution >= 4 is 87.5 Å². The van der Waals surface area contributed by atoms with Crippen molar-refractivity contribution in [3.63, 3.8) is 0 Å². The number of pyridine rings is 2. The van der Waals surface area contributed by atoms with E-state index in [9.17, 15) is 26.4 Å². The summed E-state index contributed by atoms with van der Waals surface area (Å²) >= 11 is 23.6. The summed E-state index contributed by atoms with van der Waals surface area (Å²) in [5.41, 5.74) is 3.26. The van der Waals surface area contributed by atoms with Gasteiger partial charge in [-0.3, -0.25) is 9.59 Å². The summed E-state index contributed by atoms with van der Waals surface area (Å²) < 4.78 is 63.6. The second-order valence-electron chi connectivity index (χ2n) is 19.3. The highest BCUT2D eigenvalue weighted by molar-refractivity contribution is 8.13. The van der Waals surface area contributed by atoms with Crippen molar-refractivity contribution in [1.29, 1.82) is 0 Å². The molecule has 1 N–H and O–H groups in total. The summed E-state index contributed by atoms with van der Waals surface area (Å²) in [5, 5.41) is 13.7. The first-order chi connectivity index (χ1) is 35.7. The van der Waals surface area contributed by atoms with Crippen LogP contribution in [0.3, 0.4) is 0 Å². The van der Waals surface area contributed by atoms with Crippen molar-refractivity contribution in [2.24, 2.45) is 10.8 Å². The van der Waals surface area contributed by atoms with Gasteiger partial charge in [-0.2, -0.15) is 23.9 Å². The van der Waals surface area contributed by atoms with Crippen molar-refractivity contribution < 1.29 is 26.3 Å². The molecule has 2 aromatic carbocycles. The highest BCUT2D eigenvalue weighted by atomic mass is 35.7. The lowest BCUT2D eigenvalue weighted by Crippen LogP contribution is -2.49. The number of ether oxygens (including phenoxy) is 2. The second-order valence-corrected chi connectivity index (χ2v) is 25.7. The van der Waals surface area contributed by atoms with Crippen molar-refractivity contribution in [1.82, 2.24) is 39.2 Å². The maximum absolute atomic E-state index is 13.5. The molecule has 2 saturated heterocycles. The highest BCUT2D eigenvalue weighted by Crippen LogP contribution is 2.46. The molecule has 76 heavy (non-hydrogen) atoms. The number of aromatic nitrogens is 6. The van der Waals surface area contributed by atoms with Gasteiger partial charge in [0.05, 0.1) is 48.5 Å². The average Bonchev–Trinajstić information content (AvgIpc) is 4.31. The Labute approximate surface area is 467 Å². The van der Waals surface area contributed by atoms with Crippen LogP contribution in [0.1, 0.15) is 58.1 Å². The first kappa shape index (κ1) is 58.6. The normalized spacial score (nSPS) is 16.7. The molecule has 4 aromatic heterocycles. The van der Waals surface area contributed by atoms with Gasteiger partial charge in [-0.1, -0.05) is 79.8 Å². The molecule has 2 aliphatic heterocycles. The third-order valence-corrected chi connectivity index (χ3v) is 16.7. The lowest BCUT2D eigenvalue weighted by molar-refractivity contribution is 0.242. The van der Waals surface area contributed by atoms with Crippen LogP contribution in [-0.2, 0) is 30.6 Å². The van der Waals surface area contributed by atoms with Crippen LogP contribution >= 0.6 is 57.1 Å². The molecule has 18 nitrogen and oxygen atoms in total. The summed E-state index contributed by atoms with van der Waals surface area (Å²) in [5.74, 6) is 0.219. The zero-order chi connectivity index (χ0) is 53.5. The fourth-order valence-corrected chi connectivity index (χ4v) is 11.3. The van der Waals surface area contributed by atoms with Gasteiger partial charge in [-0.25, -0.2) is 26.8 Å². The Balaban J connectivity index is 0.000000186. The quantitative estimate of drug-likeness (QED) is 0.0755. The zero-order valence-electron chi connectivity index (χ0n) is 41.0. The summed E-state index contributed by atoms with van der Waals surface area (Å²) in [6, 6.07) is 20.2. The van der Waals surface area contributed by atoms with Crippen LogP contribution in [0.25, 0.3) is 11.4 Å². The number of hydrogen-bond acceptors (Lipinski definition) is 15. The van der Waals surface area contributed by atoms with Crippen LogP contribution in [0, 0.1) is 10.8 Å². The molecule has 10 rings (SSSR count). The van der Waals surface area contributed by atoms with Gasteiger partial charge >= 0.3 is 11.1 Å². The summed E-state index contributed by atoms with van der Waals surface area (Å²) in [6.45, 7) is 10.1. The molecular weight excluding hydrogens is 1120 g/mol. The largest absolute Gasteiger partial charge is 0.486 e. The second kappa shape index (κ2) is 25.2. The van der Waals surface area contributed by atoms with Crippen LogP contribution in [0.5, 0.6) is 11.5 Å². The summed E-state index contributed by atoms with van der Waals surface area (Å²) in [6.07, 6.45) is 10.7. The SMILES string of the molecule is C.CC1(COc2c(N3CCN(S(=O)(=O)Cc4ccnc(Cl)c4)CC3)cnn(-c3cccc(Cl)c3)c2=O)CC1.CC1(COc2c(N3CCNCC3)cnn(-c3cccc(Cl)c3)c2=O)CC1.O=S(=O)(Cl)Cc1ccnc(Cl)c1. The van der Waals surface area contributed by atoms with E-state index in [1.807, 2.05) is 17.0 Å². The van der Waals surface area contributed by atoms with Crippen molar-refractivity contribution in [2.45, 2.75) is 58.5 Å². The van der Waals surface area contributed by atoms with Gasteiger partial charge in [0.2, 0.25) is 30.6 Å². The smallest absolute Gasteiger partial charge is 0.316 e. The zero-order valence-corrected chi connectivity index (χ0v) is 46.5. The Morgan fingerprint density at radius 2 is 1.04 bits per heavy atom. The molecule has 2 saturated carbocycles. The first-order valence-corrected chi connectivity index (χ1v) is 29.6. The van der Waals surface area contributed by atoms with E-state index in [0.717, 1.165) is 57.5 Å². The monoisotopic (exact) mass is 1180 g/mol.